The summed E-state index contributed by atoms with van der Waals surface area (Å²) in [6.07, 6.45) is 7.27. The summed E-state index contributed by atoms with van der Waals surface area (Å²) in [4.78, 5) is 46.9. The molecule has 0 unspecified atom stereocenters. The van der Waals surface area contributed by atoms with Crippen molar-refractivity contribution >= 4 is 40.1 Å². The van der Waals surface area contributed by atoms with E-state index in [2.05, 4.69) is 47.3 Å². The number of hydrogen-bond donors (Lipinski definition) is 3. The normalized spacial score (nSPS) is 23.2. The first-order valence-corrected chi connectivity index (χ1v) is 23.8. The number of phenols is 1. The molecule has 5 aromatic heterocycles. The van der Waals surface area contributed by atoms with Crippen molar-refractivity contribution in [3.63, 3.8) is 0 Å². The molecule has 5 fully saturated rings. The van der Waals surface area contributed by atoms with Crippen LogP contribution in [0.4, 0.5) is 5.95 Å². The molecule has 0 radical (unpaired) electrons. The van der Waals surface area contributed by atoms with Gasteiger partial charge in [0.2, 0.25) is 17.8 Å². The Morgan fingerprint density at radius 3 is 2.39 bits per heavy atom. The van der Waals surface area contributed by atoms with Crippen LogP contribution in [-0.2, 0) is 15.1 Å². The highest BCUT2D eigenvalue weighted by Gasteiger charge is 2.59. The molecule has 5 aliphatic rings. The zero-order chi connectivity index (χ0) is 45.4. The number of carbonyl (C=O) groups excluding carboxylic acids is 2. The summed E-state index contributed by atoms with van der Waals surface area (Å²) in [6.45, 7) is 9.36. The van der Waals surface area contributed by atoms with Gasteiger partial charge < -0.3 is 34.4 Å². The predicted molar refractivity (Wildman–Crippen MR) is 250 cm³/mol. The van der Waals surface area contributed by atoms with Crippen molar-refractivity contribution in [1.29, 1.82) is 0 Å². The van der Waals surface area contributed by atoms with Gasteiger partial charge in [-0.2, -0.15) is 0 Å². The van der Waals surface area contributed by atoms with E-state index in [0.717, 1.165) is 58.2 Å². The number of carbonyl (C=O) groups is 2. The lowest BCUT2D eigenvalue weighted by atomic mass is 9.49. The predicted octanol–water partition coefficient (Wildman–Crippen LogP) is 7.76. The Bertz CT molecular complexity index is 2950. The molecule has 3 aliphatic carbocycles. The van der Waals surface area contributed by atoms with Crippen molar-refractivity contribution in [3.05, 3.63) is 107 Å². The summed E-state index contributed by atoms with van der Waals surface area (Å²) in [7, 11) is 0. The Labute approximate surface area is 385 Å². The number of aliphatic hydroxyl groups excluding tert-OH is 1. The van der Waals surface area contributed by atoms with Crippen LogP contribution in [0, 0.1) is 18.8 Å². The van der Waals surface area contributed by atoms with E-state index < -0.39 is 18.1 Å². The lowest BCUT2D eigenvalue weighted by molar-refractivity contribution is -0.141. The van der Waals surface area contributed by atoms with Gasteiger partial charge in [-0.25, -0.2) is 15.0 Å². The number of thiazole rings is 1. The minimum Gasteiger partial charge on any atom is -0.507 e. The molecule has 0 spiro atoms. The summed E-state index contributed by atoms with van der Waals surface area (Å²) < 4.78 is 8.42. The van der Waals surface area contributed by atoms with Crippen LogP contribution in [0.3, 0.4) is 0 Å². The van der Waals surface area contributed by atoms with Crippen LogP contribution in [-0.4, -0.2) is 93.6 Å². The highest BCUT2D eigenvalue weighted by atomic mass is 32.1. The Hall–Kier alpha value is -6.52. The Balaban J connectivity index is 0.769. The van der Waals surface area contributed by atoms with E-state index in [9.17, 15) is 19.8 Å². The molecular formula is C50H52N10O5S. The maximum atomic E-state index is 14.4. The van der Waals surface area contributed by atoms with Crippen molar-refractivity contribution < 1.29 is 24.3 Å². The number of likely N-dealkylation sites (tertiary alicyclic amines) is 1. The summed E-state index contributed by atoms with van der Waals surface area (Å²) in [5.41, 5.74) is 10.6. The monoisotopic (exact) mass is 904 g/mol. The topological polar surface area (TPSA) is 189 Å². The number of amides is 2. The van der Waals surface area contributed by atoms with E-state index >= 15 is 0 Å². The molecule has 3 N–H and O–H groups in total. The summed E-state index contributed by atoms with van der Waals surface area (Å²) in [6, 6.07) is 20.2. The molecule has 2 amide bonds. The van der Waals surface area contributed by atoms with Gasteiger partial charge in [-0.15, -0.1) is 21.5 Å². The zero-order valence-corrected chi connectivity index (χ0v) is 38.2. The van der Waals surface area contributed by atoms with Gasteiger partial charge in [0.1, 0.15) is 34.7 Å². The number of phenolic OH excluding ortho intramolecular Hbond substituents is 1. The molecule has 15 nitrogen and oxygen atoms in total. The Kier molecular flexibility index (Phi) is 10.5. The van der Waals surface area contributed by atoms with Gasteiger partial charge in [0, 0.05) is 72.8 Å². The third-order valence-electron chi connectivity index (χ3n) is 14.5. The number of benzene rings is 2. The average molecular weight is 905 g/mol. The lowest BCUT2D eigenvalue weighted by Gasteiger charge is -2.63. The van der Waals surface area contributed by atoms with Crippen LogP contribution in [0.5, 0.6) is 5.75 Å². The minimum absolute atomic E-state index is 0.0450. The van der Waals surface area contributed by atoms with Gasteiger partial charge in [-0.05, 0) is 86.8 Å². The number of aryl methyl sites for hydroxylation is 1. The second-order valence-corrected chi connectivity index (χ2v) is 20.0. The van der Waals surface area contributed by atoms with Crippen molar-refractivity contribution in [2.75, 3.05) is 24.5 Å². The molecule has 2 bridgehead atoms. The van der Waals surface area contributed by atoms with E-state index in [1.165, 1.54) is 29.9 Å². The maximum absolute atomic E-state index is 14.4. The fourth-order valence-electron chi connectivity index (χ4n) is 10.9. The quantitative estimate of drug-likeness (QED) is 0.108. The van der Waals surface area contributed by atoms with E-state index in [4.69, 9.17) is 14.5 Å². The number of aromatic hydroxyl groups is 1. The Morgan fingerprint density at radius 2 is 1.70 bits per heavy atom. The number of fused-ring (bicyclic) bond motifs is 1. The first-order valence-electron chi connectivity index (χ1n) is 22.9. The first kappa shape index (κ1) is 42.1. The van der Waals surface area contributed by atoms with E-state index in [0.29, 0.717) is 34.2 Å². The number of aliphatic hydroxyl groups is 1. The molecule has 16 heteroatoms. The van der Waals surface area contributed by atoms with Crippen molar-refractivity contribution in [1.82, 2.24) is 45.1 Å². The molecule has 12 rings (SSSR count). The molecule has 5 atom stereocenters. The number of hydrogen-bond acceptors (Lipinski definition) is 13. The molecule has 2 saturated heterocycles. The maximum Gasteiger partial charge on any atom is 0.243 e. The summed E-state index contributed by atoms with van der Waals surface area (Å²) in [5.74, 6) is 0.683. The van der Waals surface area contributed by atoms with Crippen LogP contribution >= 0.6 is 11.3 Å². The smallest absolute Gasteiger partial charge is 0.243 e. The molecule has 2 aromatic carbocycles. The largest absolute Gasteiger partial charge is 0.507 e. The third kappa shape index (κ3) is 7.30. The highest BCUT2D eigenvalue weighted by Crippen LogP contribution is 2.64. The summed E-state index contributed by atoms with van der Waals surface area (Å²) in [5, 5.41) is 38.0. The number of para-hydroxylation sites is 1. The van der Waals surface area contributed by atoms with Crippen molar-refractivity contribution in [2.45, 2.75) is 95.4 Å². The number of anilines is 1. The van der Waals surface area contributed by atoms with Gasteiger partial charge >= 0.3 is 0 Å². The van der Waals surface area contributed by atoms with Crippen molar-refractivity contribution in [2.24, 2.45) is 11.8 Å². The van der Waals surface area contributed by atoms with Gasteiger partial charge in [-0.3, -0.25) is 9.59 Å². The fraction of sp³-hybridized carbons (Fsp3) is 0.400. The van der Waals surface area contributed by atoms with Crippen LogP contribution in [0.1, 0.15) is 93.5 Å². The molecule has 7 heterocycles. The lowest BCUT2D eigenvalue weighted by Crippen LogP contribution is -2.59. The second kappa shape index (κ2) is 16.4. The average Bonchev–Trinajstić information content (AvgIpc) is 4.14. The first-order chi connectivity index (χ1) is 31.9. The van der Waals surface area contributed by atoms with Gasteiger partial charge in [0.25, 0.3) is 0 Å². The number of rotatable bonds is 12. The minimum atomic E-state index is -0.841. The van der Waals surface area contributed by atoms with Crippen LogP contribution < -0.4 is 10.2 Å². The third-order valence-corrected chi connectivity index (χ3v) is 15.5. The van der Waals surface area contributed by atoms with Gasteiger partial charge in [0.15, 0.2) is 0 Å². The molecule has 66 heavy (non-hydrogen) atoms. The number of aromatic nitrogens is 7. The van der Waals surface area contributed by atoms with E-state index in [-0.39, 0.29) is 53.9 Å². The number of nitrogens with one attached hydrogen (secondary N) is 1. The molecule has 7 aromatic rings. The molecule has 2 aliphatic heterocycles. The molecular weight excluding hydrogens is 853 g/mol. The zero-order valence-electron chi connectivity index (χ0n) is 37.3. The summed E-state index contributed by atoms with van der Waals surface area (Å²) >= 11 is 1.59. The molecule has 338 valence electrons. The van der Waals surface area contributed by atoms with Gasteiger partial charge in [0.05, 0.1) is 39.4 Å². The van der Waals surface area contributed by atoms with Crippen LogP contribution in [0.2, 0.25) is 0 Å². The van der Waals surface area contributed by atoms with Crippen LogP contribution in [0.25, 0.3) is 44.0 Å². The highest BCUT2D eigenvalue weighted by molar-refractivity contribution is 7.13. The van der Waals surface area contributed by atoms with Crippen molar-refractivity contribution in [3.8, 4) is 38.7 Å². The van der Waals surface area contributed by atoms with Gasteiger partial charge in [-0.1, -0.05) is 55.4 Å². The van der Waals surface area contributed by atoms with E-state index in [1.807, 2.05) is 75.7 Å². The SMILES string of the molecule is Cc1ncsc1-c1ccc([C@H](C)NC(=O)[C@@H]2C[C@@H](O)CN2C(=O)[C@@H](c2cc(-c3cnc(N4CC[C@@H](c5cc6nnc(-c7ccccc7O)cc6n5C56CC(C5)C6)C4)nc3)no2)C(C)C)cc1. The van der Waals surface area contributed by atoms with E-state index in [1.54, 1.807) is 35.9 Å². The molecule has 3 saturated carbocycles. The second-order valence-electron chi connectivity index (χ2n) is 19.2. The standard InChI is InChI=1S/C50H52N10O5S/c1-27(2)45(48(64)59-25-35(61)15-42(59)47(63)54-28(3)31-9-11-32(12-10-31)46-29(4)53-26-66-46)44-18-37(57-65-44)34-22-51-49(52-23-34)58-14-13-33(24-58)40-17-39-41(60(40)50-19-30(20-50)21-50)16-38(55-56-39)36-7-5-6-8-43(36)62/h5-12,16-18,22-23,26-28,30,33,35,42,45,61-62H,13-15,19-21,24-25H2,1-4H3,(H,54,63)/t28-,30?,33+,35+,42-,45+,50?/m0/s1. The van der Waals surface area contributed by atoms with Crippen LogP contribution in [0.15, 0.2) is 89.2 Å². The number of nitrogens with zero attached hydrogens (tertiary/aromatic N) is 9. The number of β-amino-alcohol motifs (C(OH)–C–C–N with tert-alkyl or cyclic N) is 1. The Morgan fingerprint density at radius 1 is 0.924 bits per heavy atom. The fourth-order valence-corrected chi connectivity index (χ4v) is 11.7.